The molecule has 0 aliphatic carbocycles. The second-order valence-electron chi connectivity index (χ2n) is 6.99. The summed E-state index contributed by atoms with van der Waals surface area (Å²) in [7, 11) is 1.66. The van der Waals surface area contributed by atoms with Gasteiger partial charge in [0.25, 0.3) is 5.91 Å². The Morgan fingerprint density at radius 3 is 2.79 bits per heavy atom. The van der Waals surface area contributed by atoms with Gasteiger partial charge in [0.05, 0.1) is 18.8 Å². The summed E-state index contributed by atoms with van der Waals surface area (Å²) in [5.74, 6) is 0.193. The number of hydrogen-bond acceptors (Lipinski definition) is 6. The Morgan fingerprint density at radius 1 is 1.25 bits per heavy atom. The first-order chi connectivity index (χ1) is 13.7. The summed E-state index contributed by atoms with van der Waals surface area (Å²) in [5.41, 5.74) is 9.90. The zero-order valence-electron chi connectivity index (χ0n) is 15.9. The van der Waals surface area contributed by atoms with Crippen LogP contribution in [0.1, 0.15) is 34.0 Å². The van der Waals surface area contributed by atoms with E-state index in [1.165, 1.54) is 0 Å². The maximum atomic E-state index is 12.9. The number of fused-ring (bicyclic) bond motifs is 1. The molecule has 0 bridgehead atoms. The summed E-state index contributed by atoms with van der Waals surface area (Å²) in [6, 6.07) is 7.59. The third-order valence-electron chi connectivity index (χ3n) is 5.11. The molecule has 2 N–H and O–H groups in total. The van der Waals surface area contributed by atoms with Crippen molar-refractivity contribution in [2.24, 2.45) is 5.73 Å². The van der Waals surface area contributed by atoms with Crippen LogP contribution in [0.5, 0.6) is 0 Å². The Labute approximate surface area is 163 Å². The van der Waals surface area contributed by atoms with Crippen LogP contribution in [0, 0.1) is 0 Å². The third kappa shape index (κ3) is 3.48. The van der Waals surface area contributed by atoms with Crippen LogP contribution in [0.2, 0.25) is 0 Å². The van der Waals surface area contributed by atoms with Gasteiger partial charge in [0, 0.05) is 50.6 Å². The topological polar surface area (TPSA) is 99.2 Å². The van der Waals surface area contributed by atoms with Gasteiger partial charge >= 0.3 is 0 Å². The van der Waals surface area contributed by atoms with E-state index in [9.17, 15) is 4.79 Å². The quantitative estimate of drug-likeness (QED) is 0.697. The van der Waals surface area contributed by atoms with Gasteiger partial charge in [-0.2, -0.15) is 5.10 Å². The number of hydrogen-bond donors (Lipinski definition) is 1. The largest absolute Gasteiger partial charge is 0.380 e. The van der Waals surface area contributed by atoms with Crippen molar-refractivity contribution in [3.8, 4) is 0 Å². The fraction of sp³-hybridized carbons (Fsp3) is 0.400. The number of amides is 1. The van der Waals surface area contributed by atoms with Crippen molar-refractivity contribution < 1.29 is 9.53 Å². The highest BCUT2D eigenvalue weighted by molar-refractivity contribution is 5.94. The molecule has 1 aromatic carbocycles. The molecule has 2 aromatic heterocycles. The predicted molar refractivity (Wildman–Crippen MR) is 105 cm³/mol. The predicted octanol–water partition coefficient (Wildman–Crippen LogP) is 1.56. The van der Waals surface area contributed by atoms with E-state index in [0.29, 0.717) is 38.3 Å². The van der Waals surface area contributed by atoms with Gasteiger partial charge in [-0.05, 0) is 24.1 Å². The van der Waals surface area contributed by atoms with Crippen LogP contribution >= 0.6 is 0 Å². The van der Waals surface area contributed by atoms with Crippen LogP contribution in [-0.4, -0.2) is 57.3 Å². The lowest BCUT2D eigenvalue weighted by molar-refractivity contribution is 0.0790. The normalized spacial score (nSPS) is 16.8. The van der Waals surface area contributed by atoms with Crippen molar-refractivity contribution >= 4 is 17.1 Å². The number of nitrogens with two attached hydrogens (primary N) is 1. The number of carbonyl (C=O) groups is 1. The van der Waals surface area contributed by atoms with Gasteiger partial charge in [-0.15, -0.1) is 0 Å². The summed E-state index contributed by atoms with van der Waals surface area (Å²) in [5, 5.41) is 4.72. The lowest BCUT2D eigenvalue weighted by Gasteiger charge is -2.16. The molecular weight excluding hydrogens is 356 g/mol. The van der Waals surface area contributed by atoms with Gasteiger partial charge in [0.1, 0.15) is 5.52 Å². The number of rotatable bonds is 6. The fourth-order valence-electron chi connectivity index (χ4n) is 3.74. The van der Waals surface area contributed by atoms with E-state index in [0.717, 1.165) is 28.8 Å². The van der Waals surface area contributed by atoms with Crippen molar-refractivity contribution in [2.75, 3.05) is 26.7 Å². The zero-order valence-corrected chi connectivity index (χ0v) is 15.9. The minimum absolute atomic E-state index is 0.0447. The van der Waals surface area contributed by atoms with E-state index in [1.54, 1.807) is 19.5 Å². The van der Waals surface area contributed by atoms with Gasteiger partial charge in [-0.25, -0.2) is 14.6 Å². The van der Waals surface area contributed by atoms with E-state index < -0.39 is 0 Å². The van der Waals surface area contributed by atoms with Crippen molar-refractivity contribution in [2.45, 2.75) is 25.5 Å². The van der Waals surface area contributed by atoms with Gasteiger partial charge in [-0.3, -0.25) is 4.79 Å². The molecule has 0 radical (unpaired) electrons. The second kappa shape index (κ2) is 8.04. The molecule has 1 aliphatic heterocycles. The van der Waals surface area contributed by atoms with Crippen LogP contribution in [0.3, 0.4) is 0 Å². The van der Waals surface area contributed by atoms with Gasteiger partial charge in [0.15, 0.2) is 5.65 Å². The summed E-state index contributed by atoms with van der Waals surface area (Å²) in [6.07, 6.45) is 4.21. The van der Waals surface area contributed by atoms with E-state index in [4.69, 9.17) is 15.6 Å². The minimum atomic E-state index is 0.0447. The van der Waals surface area contributed by atoms with Crippen LogP contribution in [-0.2, 0) is 17.9 Å². The average molecular weight is 380 g/mol. The third-order valence-corrected chi connectivity index (χ3v) is 5.11. The summed E-state index contributed by atoms with van der Waals surface area (Å²) < 4.78 is 6.94. The molecular formula is C20H24N6O2. The van der Waals surface area contributed by atoms with E-state index >= 15 is 0 Å². The Bertz CT molecular complexity index is 968. The van der Waals surface area contributed by atoms with Crippen LogP contribution < -0.4 is 5.73 Å². The molecule has 0 spiro atoms. The number of aromatic nitrogens is 4. The molecule has 3 aromatic rings. The number of carbonyl (C=O) groups excluding carboxylic acids is 1. The van der Waals surface area contributed by atoms with Crippen LogP contribution in [0.4, 0.5) is 0 Å². The summed E-state index contributed by atoms with van der Waals surface area (Å²) in [4.78, 5) is 23.7. The Morgan fingerprint density at radius 2 is 2.04 bits per heavy atom. The molecule has 1 fully saturated rings. The smallest absolute Gasteiger partial charge is 0.253 e. The minimum Gasteiger partial charge on any atom is -0.380 e. The monoisotopic (exact) mass is 380 g/mol. The highest BCUT2D eigenvalue weighted by Gasteiger charge is 2.31. The maximum Gasteiger partial charge on any atom is 0.253 e. The first-order valence-electron chi connectivity index (χ1n) is 9.46. The molecule has 4 rings (SSSR count). The molecule has 8 heteroatoms. The van der Waals surface area contributed by atoms with Crippen LogP contribution in [0.25, 0.3) is 11.2 Å². The molecule has 1 amide bonds. The van der Waals surface area contributed by atoms with Crippen molar-refractivity contribution in [3.05, 3.63) is 53.5 Å². The molecule has 1 atom stereocenters. The lowest BCUT2D eigenvalue weighted by atomic mass is 10.0. The molecule has 1 aliphatic rings. The maximum absolute atomic E-state index is 12.9. The second-order valence-corrected chi connectivity index (χ2v) is 6.99. The molecule has 8 nitrogen and oxygen atoms in total. The van der Waals surface area contributed by atoms with Crippen LogP contribution in [0.15, 0.2) is 36.7 Å². The number of likely N-dealkylation sites (tertiary alicyclic amines) is 1. The van der Waals surface area contributed by atoms with E-state index in [1.807, 2.05) is 33.8 Å². The van der Waals surface area contributed by atoms with Crippen molar-refractivity contribution in [3.63, 3.8) is 0 Å². The SMILES string of the molecule is COCc1ccc(C(=O)N2CC[C@H](c3nn(CCN)c4nccnc34)C2)cc1. The number of benzene rings is 1. The first kappa shape index (κ1) is 18.5. The molecule has 28 heavy (non-hydrogen) atoms. The van der Waals surface area contributed by atoms with Gasteiger partial charge in [-0.1, -0.05) is 12.1 Å². The van der Waals surface area contributed by atoms with Crippen molar-refractivity contribution in [1.82, 2.24) is 24.6 Å². The fourth-order valence-corrected chi connectivity index (χ4v) is 3.74. The Balaban J connectivity index is 1.52. The molecule has 1 saturated heterocycles. The lowest BCUT2D eigenvalue weighted by Crippen LogP contribution is -2.28. The standard InChI is InChI=1S/C20H24N6O2/c1-28-13-14-2-4-15(5-3-14)20(27)25-10-6-16(12-25)17-18-19(23-9-8-22-18)26(24-17)11-7-21/h2-5,8-9,16H,6-7,10-13,21H2,1H3/t16-/m0/s1. The summed E-state index contributed by atoms with van der Waals surface area (Å²) in [6.45, 7) is 2.96. The zero-order chi connectivity index (χ0) is 19.5. The van der Waals surface area contributed by atoms with E-state index in [2.05, 4.69) is 9.97 Å². The van der Waals surface area contributed by atoms with Crippen molar-refractivity contribution in [1.29, 1.82) is 0 Å². The Hall–Kier alpha value is -2.84. The van der Waals surface area contributed by atoms with Gasteiger partial charge < -0.3 is 15.4 Å². The number of methoxy groups -OCH3 is 1. The number of nitrogens with zero attached hydrogens (tertiary/aromatic N) is 5. The highest BCUT2D eigenvalue weighted by Crippen LogP contribution is 2.31. The number of ether oxygens (including phenoxy) is 1. The molecule has 3 heterocycles. The van der Waals surface area contributed by atoms with E-state index in [-0.39, 0.29) is 11.8 Å². The Kier molecular flexibility index (Phi) is 5.31. The summed E-state index contributed by atoms with van der Waals surface area (Å²) >= 11 is 0. The first-order valence-corrected chi connectivity index (χ1v) is 9.46. The molecule has 0 unspecified atom stereocenters. The molecule has 0 saturated carbocycles. The molecule has 146 valence electrons. The van der Waals surface area contributed by atoms with Gasteiger partial charge in [0.2, 0.25) is 0 Å². The average Bonchev–Trinajstić information content (AvgIpc) is 3.34. The highest BCUT2D eigenvalue weighted by atomic mass is 16.5.